The number of ether oxygens (including phenoxy) is 1. The van der Waals surface area contributed by atoms with Gasteiger partial charge in [-0.25, -0.2) is 9.78 Å². The van der Waals surface area contributed by atoms with Crippen molar-refractivity contribution in [2.45, 2.75) is 72.6 Å². The molecule has 0 aliphatic carbocycles. The standard InChI is InChI=1S/C20H37N5O2S.HI/c1-9-15-12-22-17(28-15)13-23-18(21-7)25(8)11-10-16(14(2)3)24-19(26)27-20(4,5)6;/h12,14,16H,9-11,13H2,1-8H3,(H,21,23)(H,24,26);1H. The first-order chi connectivity index (χ1) is 13.1. The third kappa shape index (κ3) is 11.0. The van der Waals surface area contributed by atoms with Crippen molar-refractivity contribution in [3.05, 3.63) is 16.1 Å². The molecule has 0 radical (unpaired) electrons. The molecule has 1 unspecified atom stereocenters. The number of thiazole rings is 1. The van der Waals surface area contributed by atoms with Gasteiger partial charge in [0.1, 0.15) is 10.6 Å². The minimum atomic E-state index is -0.498. The molecule has 1 aromatic rings. The molecule has 9 heteroatoms. The predicted octanol–water partition coefficient (Wildman–Crippen LogP) is 4.27. The first-order valence-electron chi connectivity index (χ1n) is 9.90. The highest BCUT2D eigenvalue weighted by molar-refractivity contribution is 14.0. The normalized spacial score (nSPS) is 12.9. The summed E-state index contributed by atoms with van der Waals surface area (Å²) in [4.78, 5) is 24.3. The molecule has 29 heavy (non-hydrogen) atoms. The molecule has 168 valence electrons. The summed E-state index contributed by atoms with van der Waals surface area (Å²) in [5.41, 5.74) is -0.498. The number of rotatable bonds is 8. The molecule has 7 nitrogen and oxygen atoms in total. The number of aryl methyl sites for hydroxylation is 1. The largest absolute Gasteiger partial charge is 0.444 e. The summed E-state index contributed by atoms with van der Waals surface area (Å²) in [7, 11) is 3.77. The van der Waals surface area contributed by atoms with Crippen molar-refractivity contribution < 1.29 is 9.53 Å². The van der Waals surface area contributed by atoms with Gasteiger partial charge in [0, 0.05) is 37.8 Å². The number of aromatic nitrogens is 1. The maximum absolute atomic E-state index is 12.1. The lowest BCUT2D eigenvalue weighted by atomic mass is 10.0. The van der Waals surface area contributed by atoms with Crippen LogP contribution >= 0.6 is 35.3 Å². The van der Waals surface area contributed by atoms with Crippen LogP contribution in [0, 0.1) is 5.92 Å². The first-order valence-corrected chi connectivity index (χ1v) is 10.7. The number of nitrogens with one attached hydrogen (secondary N) is 2. The van der Waals surface area contributed by atoms with Crippen LogP contribution in [-0.4, -0.2) is 54.2 Å². The Morgan fingerprint density at radius 1 is 1.38 bits per heavy atom. The highest BCUT2D eigenvalue weighted by Crippen LogP contribution is 2.13. The van der Waals surface area contributed by atoms with Gasteiger partial charge >= 0.3 is 6.09 Å². The molecule has 1 aromatic heterocycles. The Hall–Kier alpha value is -1.10. The number of aliphatic imine (C=N–C) groups is 1. The Labute approximate surface area is 197 Å². The van der Waals surface area contributed by atoms with Crippen LogP contribution < -0.4 is 10.6 Å². The molecule has 1 amide bonds. The molecule has 0 saturated heterocycles. The average molecular weight is 540 g/mol. The topological polar surface area (TPSA) is 78.9 Å². The summed E-state index contributed by atoms with van der Waals surface area (Å²) in [6, 6.07) is 0.0291. The van der Waals surface area contributed by atoms with Crippen LogP contribution in [0.25, 0.3) is 0 Å². The summed E-state index contributed by atoms with van der Waals surface area (Å²) in [5.74, 6) is 1.12. The lowest BCUT2D eigenvalue weighted by molar-refractivity contribution is 0.0486. The van der Waals surface area contributed by atoms with E-state index in [4.69, 9.17) is 4.74 Å². The van der Waals surface area contributed by atoms with Crippen LogP contribution in [0.4, 0.5) is 4.79 Å². The van der Waals surface area contributed by atoms with Gasteiger partial charge in [-0.15, -0.1) is 35.3 Å². The Kier molecular flexibility index (Phi) is 12.7. The summed E-state index contributed by atoms with van der Waals surface area (Å²) >= 11 is 1.72. The molecule has 0 aliphatic heterocycles. The minimum absolute atomic E-state index is 0. The molecule has 0 spiro atoms. The fraction of sp³-hybridized carbons (Fsp3) is 0.750. The number of alkyl carbamates (subject to hydrolysis) is 1. The van der Waals surface area contributed by atoms with E-state index >= 15 is 0 Å². The van der Waals surface area contributed by atoms with Crippen molar-refractivity contribution in [1.29, 1.82) is 0 Å². The van der Waals surface area contributed by atoms with E-state index in [0.29, 0.717) is 12.5 Å². The third-order valence-corrected chi connectivity index (χ3v) is 5.35. The van der Waals surface area contributed by atoms with Crippen molar-refractivity contribution in [1.82, 2.24) is 20.5 Å². The number of carbonyl (C=O) groups is 1. The fourth-order valence-corrected chi connectivity index (χ4v) is 3.40. The number of hydrogen-bond acceptors (Lipinski definition) is 5. The van der Waals surface area contributed by atoms with Crippen molar-refractivity contribution in [2.24, 2.45) is 10.9 Å². The lowest BCUT2D eigenvalue weighted by Crippen LogP contribution is -2.45. The van der Waals surface area contributed by atoms with Gasteiger partial charge in [0.2, 0.25) is 0 Å². The van der Waals surface area contributed by atoms with E-state index in [9.17, 15) is 4.79 Å². The zero-order chi connectivity index (χ0) is 21.3. The summed E-state index contributed by atoms with van der Waals surface area (Å²) in [6.07, 6.45) is 3.37. The zero-order valence-electron chi connectivity index (χ0n) is 19.0. The summed E-state index contributed by atoms with van der Waals surface area (Å²) in [5, 5.41) is 7.41. The third-order valence-electron chi connectivity index (χ3n) is 4.20. The van der Waals surface area contributed by atoms with Gasteiger partial charge in [-0.3, -0.25) is 4.99 Å². The van der Waals surface area contributed by atoms with E-state index in [0.717, 1.165) is 30.4 Å². The Morgan fingerprint density at radius 3 is 2.52 bits per heavy atom. The van der Waals surface area contributed by atoms with E-state index < -0.39 is 5.60 Å². The molecule has 0 fully saturated rings. The quantitative estimate of drug-likeness (QED) is 0.293. The molecule has 0 aliphatic rings. The maximum atomic E-state index is 12.1. The molecular weight excluding hydrogens is 501 g/mol. The molecule has 0 bridgehead atoms. The van der Waals surface area contributed by atoms with Crippen LogP contribution in [0.2, 0.25) is 0 Å². The predicted molar refractivity (Wildman–Crippen MR) is 132 cm³/mol. The van der Waals surface area contributed by atoms with Gasteiger partial charge in [0.05, 0.1) is 6.54 Å². The number of amides is 1. The van der Waals surface area contributed by atoms with Crippen molar-refractivity contribution >= 4 is 47.4 Å². The van der Waals surface area contributed by atoms with Crippen LogP contribution in [0.1, 0.15) is 57.8 Å². The Morgan fingerprint density at radius 2 is 2.03 bits per heavy atom. The number of guanidine groups is 1. The monoisotopic (exact) mass is 539 g/mol. The van der Waals surface area contributed by atoms with E-state index in [1.54, 1.807) is 18.4 Å². The Balaban J connectivity index is 0.00000784. The highest BCUT2D eigenvalue weighted by atomic mass is 127. The average Bonchev–Trinajstić information content (AvgIpc) is 3.05. The Bertz CT molecular complexity index is 643. The molecule has 1 atom stereocenters. The van der Waals surface area contributed by atoms with Gasteiger partial charge in [-0.1, -0.05) is 20.8 Å². The highest BCUT2D eigenvalue weighted by Gasteiger charge is 2.22. The molecule has 0 saturated carbocycles. The maximum Gasteiger partial charge on any atom is 0.407 e. The van der Waals surface area contributed by atoms with E-state index in [1.165, 1.54) is 4.88 Å². The molecule has 0 aromatic carbocycles. The van der Waals surface area contributed by atoms with Crippen LogP contribution in [0.15, 0.2) is 11.2 Å². The van der Waals surface area contributed by atoms with E-state index in [-0.39, 0.29) is 36.1 Å². The second kappa shape index (κ2) is 13.3. The second-order valence-corrected chi connectivity index (χ2v) is 9.38. The molecule has 1 heterocycles. The van der Waals surface area contributed by atoms with Gasteiger partial charge in [0.25, 0.3) is 0 Å². The van der Waals surface area contributed by atoms with Gasteiger partial charge in [-0.05, 0) is 39.5 Å². The van der Waals surface area contributed by atoms with Gasteiger partial charge in [-0.2, -0.15) is 0 Å². The minimum Gasteiger partial charge on any atom is -0.444 e. The van der Waals surface area contributed by atoms with E-state index in [2.05, 4.69) is 46.3 Å². The van der Waals surface area contributed by atoms with Crippen molar-refractivity contribution in [2.75, 3.05) is 20.6 Å². The van der Waals surface area contributed by atoms with Crippen molar-refractivity contribution in [3.63, 3.8) is 0 Å². The van der Waals surface area contributed by atoms with Crippen molar-refractivity contribution in [3.8, 4) is 0 Å². The van der Waals surface area contributed by atoms with Crippen LogP contribution in [-0.2, 0) is 17.7 Å². The second-order valence-electron chi connectivity index (χ2n) is 8.18. The van der Waals surface area contributed by atoms with Gasteiger partial charge < -0.3 is 20.3 Å². The number of carbonyl (C=O) groups excluding carboxylic acids is 1. The van der Waals surface area contributed by atoms with Crippen LogP contribution in [0.5, 0.6) is 0 Å². The summed E-state index contributed by atoms with van der Waals surface area (Å²) in [6.45, 7) is 13.4. The lowest BCUT2D eigenvalue weighted by Gasteiger charge is -2.28. The van der Waals surface area contributed by atoms with E-state index in [1.807, 2.05) is 34.0 Å². The van der Waals surface area contributed by atoms with Gasteiger partial charge in [0.15, 0.2) is 5.96 Å². The number of hydrogen-bond donors (Lipinski definition) is 2. The fourth-order valence-electron chi connectivity index (χ4n) is 2.60. The smallest absolute Gasteiger partial charge is 0.407 e. The zero-order valence-corrected chi connectivity index (χ0v) is 22.2. The van der Waals surface area contributed by atoms with Crippen LogP contribution in [0.3, 0.4) is 0 Å². The molecule has 2 N–H and O–H groups in total. The SMILES string of the molecule is CCc1cnc(CNC(=NC)N(C)CCC(NC(=O)OC(C)(C)C)C(C)C)s1.I. The summed E-state index contributed by atoms with van der Waals surface area (Å²) < 4.78 is 5.39. The number of nitrogens with zero attached hydrogens (tertiary/aromatic N) is 3. The molecule has 1 rings (SSSR count). The first kappa shape index (κ1) is 27.9. The number of halogens is 1. The molecular formula is C20H38IN5O2S.